The zero-order valence-corrected chi connectivity index (χ0v) is 18.8. The van der Waals surface area contributed by atoms with E-state index in [4.69, 9.17) is 4.74 Å². The molecule has 2 saturated heterocycles. The van der Waals surface area contributed by atoms with Crippen molar-refractivity contribution in [2.75, 3.05) is 26.2 Å². The number of hydrogen-bond acceptors (Lipinski definition) is 6. The summed E-state index contributed by atoms with van der Waals surface area (Å²) in [5.74, 6) is 0.372. The van der Waals surface area contributed by atoms with Gasteiger partial charge in [-0.1, -0.05) is 0 Å². The number of nitrogens with zero attached hydrogens (tertiary/aromatic N) is 3. The Labute approximate surface area is 191 Å². The minimum atomic E-state index is -4.82. The minimum Gasteiger partial charge on any atom is -0.490 e. The van der Waals surface area contributed by atoms with Gasteiger partial charge in [-0.25, -0.2) is 8.42 Å². The summed E-state index contributed by atoms with van der Waals surface area (Å²) in [5.41, 5.74) is 0. The number of pyridine rings is 1. The highest BCUT2D eigenvalue weighted by Crippen LogP contribution is 2.28. The molecule has 0 atom stereocenters. The fraction of sp³-hybridized carbons (Fsp3) is 0.500. The van der Waals surface area contributed by atoms with Crippen LogP contribution >= 0.6 is 0 Å². The number of hydrogen-bond donors (Lipinski definition) is 0. The van der Waals surface area contributed by atoms with E-state index in [1.165, 1.54) is 4.31 Å². The topological polar surface area (TPSA) is 72.0 Å². The van der Waals surface area contributed by atoms with Crippen molar-refractivity contribution < 1.29 is 31.1 Å². The van der Waals surface area contributed by atoms with Crippen LogP contribution in [0.4, 0.5) is 13.2 Å². The lowest BCUT2D eigenvalue weighted by molar-refractivity contribution is -0.274. The van der Waals surface area contributed by atoms with E-state index < -0.39 is 22.1 Å². The van der Waals surface area contributed by atoms with Crippen LogP contribution in [0, 0.1) is 0 Å². The van der Waals surface area contributed by atoms with E-state index in [-0.39, 0.29) is 11.0 Å². The van der Waals surface area contributed by atoms with Crippen LogP contribution in [0.15, 0.2) is 53.7 Å². The molecular weight excluding hydrogens is 459 g/mol. The molecule has 2 aliphatic heterocycles. The fourth-order valence-electron chi connectivity index (χ4n) is 4.38. The Bertz CT molecular complexity index is 1000. The lowest BCUT2D eigenvalue weighted by Gasteiger charge is -2.41. The monoisotopic (exact) mass is 485 g/mol. The van der Waals surface area contributed by atoms with Gasteiger partial charge in [0.25, 0.3) is 0 Å². The lowest BCUT2D eigenvalue weighted by atomic mass is 10.00. The van der Waals surface area contributed by atoms with E-state index in [1.54, 1.807) is 12.4 Å². The van der Waals surface area contributed by atoms with Gasteiger partial charge in [-0.15, -0.1) is 13.2 Å². The van der Waals surface area contributed by atoms with Crippen molar-refractivity contribution in [2.45, 2.75) is 49.1 Å². The van der Waals surface area contributed by atoms with Crippen LogP contribution in [0.1, 0.15) is 25.7 Å². The normalized spacial score (nSPS) is 20.0. The van der Waals surface area contributed by atoms with E-state index in [1.807, 2.05) is 12.1 Å². The molecule has 2 aliphatic rings. The fourth-order valence-corrected chi connectivity index (χ4v) is 5.85. The molecule has 0 spiro atoms. The second kappa shape index (κ2) is 9.86. The Kier molecular flexibility index (Phi) is 7.10. The van der Waals surface area contributed by atoms with Crippen molar-refractivity contribution in [1.29, 1.82) is 0 Å². The zero-order chi connectivity index (χ0) is 23.5. The van der Waals surface area contributed by atoms with Crippen LogP contribution in [0.2, 0.25) is 0 Å². The molecule has 11 heteroatoms. The second-order valence-corrected chi connectivity index (χ2v) is 10.1. The van der Waals surface area contributed by atoms with E-state index in [9.17, 15) is 21.6 Å². The third-order valence-corrected chi connectivity index (χ3v) is 7.98. The lowest BCUT2D eigenvalue weighted by Crippen LogP contribution is -2.50. The van der Waals surface area contributed by atoms with Crippen molar-refractivity contribution in [3.8, 4) is 11.5 Å². The van der Waals surface area contributed by atoms with E-state index in [2.05, 4.69) is 14.6 Å². The number of aromatic nitrogens is 1. The molecule has 2 fully saturated rings. The molecule has 7 nitrogen and oxygen atoms in total. The minimum absolute atomic E-state index is 0.0375. The highest BCUT2D eigenvalue weighted by molar-refractivity contribution is 7.89. The molecular formula is C22H26F3N3O4S. The number of piperidine rings is 2. The Balaban J connectivity index is 1.27. The summed E-state index contributed by atoms with van der Waals surface area (Å²) in [7, 11) is -3.77. The average molecular weight is 486 g/mol. The first kappa shape index (κ1) is 23.8. The number of sulfonamides is 1. The van der Waals surface area contributed by atoms with E-state index in [0.717, 1.165) is 55.9 Å². The molecule has 1 aromatic carbocycles. The van der Waals surface area contributed by atoms with Crippen LogP contribution in [-0.4, -0.2) is 67.3 Å². The summed E-state index contributed by atoms with van der Waals surface area (Å²) >= 11 is 0. The number of likely N-dealkylation sites (tertiary alicyclic amines) is 1. The van der Waals surface area contributed by atoms with Crippen LogP contribution in [-0.2, 0) is 10.0 Å². The third kappa shape index (κ3) is 6.15. The Morgan fingerprint density at radius 1 is 0.848 bits per heavy atom. The quantitative estimate of drug-likeness (QED) is 0.622. The number of rotatable bonds is 6. The van der Waals surface area contributed by atoms with Crippen molar-refractivity contribution >= 4 is 10.0 Å². The molecule has 0 unspecified atom stereocenters. The molecule has 0 bridgehead atoms. The molecule has 2 aromatic rings. The third-order valence-electron chi connectivity index (χ3n) is 6.06. The van der Waals surface area contributed by atoms with Gasteiger partial charge in [-0.2, -0.15) is 4.31 Å². The highest BCUT2D eigenvalue weighted by atomic mass is 32.2. The maximum Gasteiger partial charge on any atom is 0.573 e. The molecule has 0 N–H and O–H groups in total. The van der Waals surface area contributed by atoms with Gasteiger partial charge < -0.3 is 14.4 Å². The first-order valence-electron chi connectivity index (χ1n) is 10.9. The largest absolute Gasteiger partial charge is 0.573 e. The SMILES string of the molecule is O=S(=O)(c1ccc(OC(F)(F)F)cc1)N1CCC(N2CCC(Oc3ccncc3)CC2)CC1. The molecule has 33 heavy (non-hydrogen) atoms. The maximum absolute atomic E-state index is 12.9. The average Bonchev–Trinajstić information content (AvgIpc) is 2.80. The molecule has 0 aliphatic carbocycles. The van der Waals surface area contributed by atoms with Crippen LogP contribution < -0.4 is 9.47 Å². The molecule has 3 heterocycles. The summed E-state index contributed by atoms with van der Waals surface area (Å²) < 4.78 is 74.0. The number of benzene rings is 1. The molecule has 180 valence electrons. The zero-order valence-electron chi connectivity index (χ0n) is 17.9. The first-order valence-corrected chi connectivity index (χ1v) is 12.3. The second-order valence-electron chi connectivity index (χ2n) is 8.19. The Morgan fingerprint density at radius 3 is 2.03 bits per heavy atom. The van der Waals surface area contributed by atoms with Gasteiger partial charge in [0.05, 0.1) is 4.90 Å². The number of alkyl halides is 3. The van der Waals surface area contributed by atoms with Gasteiger partial charge in [0.15, 0.2) is 0 Å². The summed E-state index contributed by atoms with van der Waals surface area (Å²) in [4.78, 5) is 6.35. The van der Waals surface area contributed by atoms with E-state index in [0.29, 0.717) is 32.0 Å². The van der Waals surface area contributed by atoms with Crippen molar-refractivity contribution in [2.24, 2.45) is 0 Å². The molecule has 4 rings (SSSR count). The molecule has 0 saturated carbocycles. The van der Waals surface area contributed by atoms with Crippen LogP contribution in [0.3, 0.4) is 0 Å². The van der Waals surface area contributed by atoms with Gasteiger partial charge >= 0.3 is 6.36 Å². The summed E-state index contributed by atoms with van der Waals surface area (Å²) in [6, 6.07) is 8.34. The van der Waals surface area contributed by atoms with Gasteiger partial charge in [0.1, 0.15) is 17.6 Å². The van der Waals surface area contributed by atoms with Crippen molar-refractivity contribution in [3.63, 3.8) is 0 Å². The van der Waals surface area contributed by atoms with Gasteiger partial charge in [-0.05, 0) is 62.1 Å². The Hall–Kier alpha value is -2.37. The number of halogens is 3. The van der Waals surface area contributed by atoms with Crippen LogP contribution in [0.25, 0.3) is 0 Å². The van der Waals surface area contributed by atoms with Crippen molar-refractivity contribution in [1.82, 2.24) is 14.2 Å². The molecule has 0 radical (unpaired) electrons. The molecule has 1 aromatic heterocycles. The van der Waals surface area contributed by atoms with Crippen molar-refractivity contribution in [3.05, 3.63) is 48.8 Å². The standard InChI is InChI=1S/C22H26F3N3O4S/c23-22(24,25)32-20-1-3-21(4-2-20)33(29,30)28-15-7-17(8-16-28)27-13-9-19(10-14-27)31-18-5-11-26-12-6-18/h1-6,11-12,17,19H,7-10,13-16H2. The van der Waals surface area contributed by atoms with Gasteiger partial charge in [0.2, 0.25) is 10.0 Å². The summed E-state index contributed by atoms with van der Waals surface area (Å²) in [6.07, 6.45) is 2.00. The number of ether oxygens (including phenoxy) is 2. The Morgan fingerprint density at radius 2 is 1.45 bits per heavy atom. The van der Waals surface area contributed by atoms with E-state index >= 15 is 0 Å². The molecule has 0 amide bonds. The van der Waals surface area contributed by atoms with Gasteiger partial charge in [-0.3, -0.25) is 4.98 Å². The first-order chi connectivity index (χ1) is 15.7. The highest BCUT2D eigenvalue weighted by Gasteiger charge is 2.34. The van der Waals surface area contributed by atoms with Crippen LogP contribution in [0.5, 0.6) is 11.5 Å². The van der Waals surface area contributed by atoms with Gasteiger partial charge in [0, 0.05) is 44.6 Å². The predicted octanol–water partition coefficient (Wildman–Crippen LogP) is 3.68. The summed E-state index contributed by atoms with van der Waals surface area (Å²) in [6.45, 7) is 2.55. The summed E-state index contributed by atoms with van der Waals surface area (Å²) in [5, 5.41) is 0. The maximum atomic E-state index is 12.9. The smallest absolute Gasteiger partial charge is 0.490 e. The predicted molar refractivity (Wildman–Crippen MR) is 114 cm³/mol.